The summed E-state index contributed by atoms with van der Waals surface area (Å²) in [5, 5.41) is 10.6. The summed E-state index contributed by atoms with van der Waals surface area (Å²) in [5.41, 5.74) is 19.3. The van der Waals surface area contributed by atoms with Crippen molar-refractivity contribution in [2.24, 2.45) is 0 Å². The van der Waals surface area contributed by atoms with E-state index in [0.29, 0.717) is 0 Å². The monoisotopic (exact) mass is 769 g/mol. The third-order valence-electron chi connectivity index (χ3n) is 13.0. The number of hydrogen-bond donors (Lipinski definition) is 1. The molecule has 1 N–H and O–H groups in total. The van der Waals surface area contributed by atoms with Gasteiger partial charge in [-0.05, 0) is 129 Å². The fourth-order valence-corrected chi connectivity index (χ4v) is 10.7. The second kappa shape index (κ2) is 13.9. The second-order valence-electron chi connectivity index (χ2n) is 16.4. The average molecular weight is 770 g/mol. The lowest BCUT2D eigenvalue weighted by molar-refractivity contribution is 0.475. The van der Waals surface area contributed by atoms with Crippen molar-refractivity contribution in [2.75, 3.05) is 4.90 Å². The summed E-state index contributed by atoms with van der Waals surface area (Å²) < 4.78 is 0. The lowest BCUT2D eigenvalue weighted by atomic mass is 9.67. The molecule has 0 aromatic heterocycles. The molecule has 2 aliphatic carbocycles. The van der Waals surface area contributed by atoms with Gasteiger partial charge in [-0.3, -0.25) is 0 Å². The number of phenolic OH excluding ortho intramolecular Hbond substituents is 1. The maximum absolute atomic E-state index is 10.6. The van der Waals surface area contributed by atoms with E-state index in [-0.39, 0.29) is 5.75 Å². The lowest BCUT2D eigenvalue weighted by Gasteiger charge is -2.36. The Kier molecular flexibility index (Phi) is 8.25. The molecule has 2 nitrogen and oxygen atoms in total. The predicted molar refractivity (Wildman–Crippen MR) is 247 cm³/mol. The fourth-order valence-electron chi connectivity index (χ4n) is 10.7. The zero-order valence-corrected chi connectivity index (χ0v) is 33.7. The van der Waals surface area contributed by atoms with Crippen molar-refractivity contribution in [1.82, 2.24) is 0 Å². The highest BCUT2D eigenvalue weighted by Crippen LogP contribution is 2.59. The van der Waals surface area contributed by atoms with Crippen LogP contribution >= 0.6 is 0 Å². The van der Waals surface area contributed by atoms with Gasteiger partial charge < -0.3 is 10.0 Å². The Labute approximate surface area is 352 Å². The van der Waals surface area contributed by atoms with Crippen LogP contribution in [0.15, 0.2) is 218 Å². The van der Waals surface area contributed by atoms with E-state index in [1.807, 2.05) is 12.1 Å². The highest BCUT2D eigenvalue weighted by molar-refractivity contribution is 5.92. The molecule has 0 amide bonds. The van der Waals surface area contributed by atoms with Crippen LogP contribution in [0, 0.1) is 13.8 Å². The van der Waals surface area contributed by atoms with Crippen molar-refractivity contribution < 1.29 is 5.11 Å². The van der Waals surface area contributed by atoms with E-state index in [1.165, 1.54) is 72.3 Å². The first kappa shape index (κ1) is 35.7. The van der Waals surface area contributed by atoms with E-state index in [2.05, 4.69) is 225 Å². The SMILES string of the molecule is Cc1cc(C)cc(C2(c3ccc(O)cc3)c3ccccc3-c3ccc(N(c4ccccc4)c4ccc5c(c4)C(c4ccccc4)(c4ccccc4)c4ccccc4-5)cc32)c1. The number of hydrogen-bond acceptors (Lipinski definition) is 2. The number of aryl methyl sites for hydroxylation is 2. The molecular formula is C58H43NO. The van der Waals surface area contributed by atoms with Crippen LogP contribution in [0.1, 0.15) is 55.6 Å². The van der Waals surface area contributed by atoms with Gasteiger partial charge in [0.1, 0.15) is 5.75 Å². The topological polar surface area (TPSA) is 23.5 Å². The van der Waals surface area contributed by atoms with Crippen LogP contribution in [0.4, 0.5) is 17.1 Å². The number of nitrogens with zero attached hydrogens (tertiary/aromatic N) is 1. The number of benzene rings is 9. The van der Waals surface area contributed by atoms with Crippen molar-refractivity contribution in [3.8, 4) is 28.0 Å². The molecule has 0 radical (unpaired) electrons. The highest BCUT2D eigenvalue weighted by Gasteiger charge is 2.48. The van der Waals surface area contributed by atoms with Crippen molar-refractivity contribution >= 4 is 17.1 Å². The maximum Gasteiger partial charge on any atom is 0.115 e. The molecule has 2 aliphatic rings. The van der Waals surface area contributed by atoms with Gasteiger partial charge in [0.25, 0.3) is 0 Å². The summed E-state index contributed by atoms with van der Waals surface area (Å²) in [4.78, 5) is 2.43. The number of rotatable bonds is 7. The third kappa shape index (κ3) is 5.20. The molecule has 60 heavy (non-hydrogen) atoms. The largest absolute Gasteiger partial charge is 0.508 e. The fraction of sp³-hybridized carbons (Fsp3) is 0.0690. The Morgan fingerprint density at radius 3 is 1.22 bits per heavy atom. The molecule has 1 unspecified atom stereocenters. The molecule has 0 saturated heterocycles. The van der Waals surface area contributed by atoms with Gasteiger partial charge in [-0.1, -0.05) is 181 Å². The summed E-state index contributed by atoms with van der Waals surface area (Å²) in [5.74, 6) is 0.255. The van der Waals surface area contributed by atoms with Gasteiger partial charge >= 0.3 is 0 Å². The molecule has 0 saturated carbocycles. The molecule has 286 valence electrons. The second-order valence-corrected chi connectivity index (χ2v) is 16.4. The van der Waals surface area contributed by atoms with E-state index in [9.17, 15) is 5.11 Å². The van der Waals surface area contributed by atoms with Crippen molar-refractivity contribution in [1.29, 1.82) is 0 Å². The lowest BCUT2D eigenvalue weighted by Crippen LogP contribution is -2.29. The smallest absolute Gasteiger partial charge is 0.115 e. The molecular weight excluding hydrogens is 727 g/mol. The number of aromatic hydroxyl groups is 1. The predicted octanol–water partition coefficient (Wildman–Crippen LogP) is 14.2. The first-order chi connectivity index (χ1) is 29.5. The quantitative estimate of drug-likeness (QED) is 0.174. The Balaban J connectivity index is 1.19. The van der Waals surface area contributed by atoms with Crippen LogP contribution in [0.2, 0.25) is 0 Å². The summed E-state index contributed by atoms with van der Waals surface area (Å²) >= 11 is 0. The van der Waals surface area contributed by atoms with Crippen LogP contribution in [0.5, 0.6) is 5.75 Å². The number of phenols is 1. The van der Waals surface area contributed by atoms with Crippen molar-refractivity contribution in [3.63, 3.8) is 0 Å². The number of anilines is 3. The molecule has 2 heteroatoms. The van der Waals surface area contributed by atoms with Crippen LogP contribution in [-0.2, 0) is 10.8 Å². The minimum atomic E-state index is -0.635. The van der Waals surface area contributed by atoms with Crippen LogP contribution in [0.3, 0.4) is 0 Å². The van der Waals surface area contributed by atoms with Gasteiger partial charge in [-0.15, -0.1) is 0 Å². The highest BCUT2D eigenvalue weighted by atomic mass is 16.3. The molecule has 0 spiro atoms. The Hall–Kier alpha value is -7.42. The molecule has 11 rings (SSSR count). The van der Waals surface area contributed by atoms with Gasteiger partial charge in [0.05, 0.1) is 10.8 Å². The molecule has 0 bridgehead atoms. The van der Waals surface area contributed by atoms with E-state index >= 15 is 0 Å². The molecule has 9 aromatic carbocycles. The van der Waals surface area contributed by atoms with Gasteiger partial charge in [-0.2, -0.15) is 0 Å². The van der Waals surface area contributed by atoms with Crippen LogP contribution in [-0.4, -0.2) is 5.11 Å². The van der Waals surface area contributed by atoms with Gasteiger partial charge in [-0.25, -0.2) is 0 Å². The van der Waals surface area contributed by atoms with Crippen LogP contribution in [0.25, 0.3) is 22.3 Å². The average Bonchev–Trinajstić information content (AvgIpc) is 3.75. The molecule has 0 heterocycles. The zero-order valence-electron chi connectivity index (χ0n) is 33.7. The van der Waals surface area contributed by atoms with Crippen molar-refractivity contribution in [3.05, 3.63) is 274 Å². The number of para-hydroxylation sites is 1. The molecule has 0 fully saturated rings. The first-order valence-electron chi connectivity index (χ1n) is 20.8. The third-order valence-corrected chi connectivity index (χ3v) is 13.0. The molecule has 0 aliphatic heterocycles. The summed E-state index contributed by atoms with van der Waals surface area (Å²) in [6.45, 7) is 4.38. The minimum Gasteiger partial charge on any atom is -0.508 e. The van der Waals surface area contributed by atoms with E-state index in [4.69, 9.17) is 0 Å². The molecule has 9 aromatic rings. The number of fused-ring (bicyclic) bond motifs is 6. The summed E-state index contributed by atoms with van der Waals surface area (Å²) in [6.07, 6.45) is 0. The van der Waals surface area contributed by atoms with Gasteiger partial charge in [0.15, 0.2) is 0 Å². The summed E-state index contributed by atoms with van der Waals surface area (Å²) in [7, 11) is 0. The van der Waals surface area contributed by atoms with E-state index < -0.39 is 10.8 Å². The zero-order chi connectivity index (χ0) is 40.4. The minimum absolute atomic E-state index is 0.255. The maximum atomic E-state index is 10.6. The normalized spacial score (nSPS) is 15.4. The standard InChI is InChI=1S/C58H43NO/c1-39-34-40(2)36-44(35-39)58(43-26-30-48(60)31-27-43)54-25-15-13-23-50(54)52-33-29-47(38-56(52)58)59(45-20-10-5-11-21-45)46-28-32-51-49-22-12-14-24-53(49)57(55(51)37-46,41-16-6-3-7-17-41)42-18-8-4-9-19-42/h3-38,60H,1-2H3. The van der Waals surface area contributed by atoms with Crippen LogP contribution < -0.4 is 4.90 Å². The first-order valence-corrected chi connectivity index (χ1v) is 20.8. The van der Waals surface area contributed by atoms with E-state index in [1.54, 1.807) is 0 Å². The Morgan fingerprint density at radius 1 is 0.317 bits per heavy atom. The van der Waals surface area contributed by atoms with Gasteiger partial charge in [0, 0.05) is 17.1 Å². The summed E-state index contributed by atoms with van der Waals surface area (Å²) in [6, 6.07) is 79.5. The van der Waals surface area contributed by atoms with Gasteiger partial charge in [0.2, 0.25) is 0 Å². The molecule has 1 atom stereocenters. The Bertz CT molecular complexity index is 3000. The van der Waals surface area contributed by atoms with Crippen molar-refractivity contribution in [2.45, 2.75) is 24.7 Å². The van der Waals surface area contributed by atoms with E-state index in [0.717, 1.165) is 22.6 Å². The Morgan fingerprint density at radius 2 is 0.717 bits per heavy atom.